The van der Waals surface area contributed by atoms with Crippen molar-refractivity contribution in [3.8, 4) is 5.75 Å². The Kier molecular flexibility index (Phi) is 6.89. The minimum atomic E-state index is -0.137. The predicted octanol–water partition coefficient (Wildman–Crippen LogP) is 5.36. The van der Waals surface area contributed by atoms with Crippen LogP contribution in [0.4, 0.5) is 0 Å². The second-order valence-electron chi connectivity index (χ2n) is 6.85. The van der Waals surface area contributed by atoms with Gasteiger partial charge >= 0.3 is 0 Å². The zero-order valence-corrected chi connectivity index (χ0v) is 16.0. The number of carbonyl (C=O) groups excluding carboxylic acids is 1. The maximum atomic E-state index is 12.3. The number of hydrogen-bond acceptors (Lipinski definition) is 2. The smallest absolute Gasteiger partial charge is 0.258 e. The summed E-state index contributed by atoms with van der Waals surface area (Å²) in [5, 5.41) is 3.71. The lowest BCUT2D eigenvalue weighted by molar-refractivity contribution is -0.124. The van der Waals surface area contributed by atoms with Crippen molar-refractivity contribution in [1.82, 2.24) is 5.32 Å². The SMILES string of the molecule is CC(C)c1ccc([C@H](NC(=O)COc2ccc(Cl)cc2)C(C)C)cc1. The molecule has 0 aromatic heterocycles. The van der Waals surface area contributed by atoms with E-state index < -0.39 is 0 Å². The highest BCUT2D eigenvalue weighted by Crippen LogP contribution is 2.24. The normalized spacial score (nSPS) is 12.3. The van der Waals surface area contributed by atoms with E-state index in [2.05, 4.69) is 57.3 Å². The van der Waals surface area contributed by atoms with Crippen molar-refractivity contribution in [2.45, 2.75) is 39.7 Å². The van der Waals surface area contributed by atoms with Crippen molar-refractivity contribution >= 4 is 17.5 Å². The fourth-order valence-electron chi connectivity index (χ4n) is 2.62. The summed E-state index contributed by atoms with van der Waals surface area (Å²) in [6.07, 6.45) is 0. The first-order chi connectivity index (χ1) is 11.9. The number of rotatable bonds is 7. The first-order valence-corrected chi connectivity index (χ1v) is 9.02. The van der Waals surface area contributed by atoms with Gasteiger partial charge in [-0.15, -0.1) is 0 Å². The highest BCUT2D eigenvalue weighted by atomic mass is 35.5. The fraction of sp³-hybridized carbons (Fsp3) is 0.381. The van der Waals surface area contributed by atoms with Crippen molar-refractivity contribution < 1.29 is 9.53 Å². The summed E-state index contributed by atoms with van der Waals surface area (Å²) in [6.45, 7) is 8.52. The Labute approximate surface area is 155 Å². The summed E-state index contributed by atoms with van der Waals surface area (Å²) >= 11 is 5.84. The minimum absolute atomic E-state index is 0.0189. The number of halogens is 1. The second kappa shape index (κ2) is 8.91. The van der Waals surface area contributed by atoms with Crippen LogP contribution in [-0.4, -0.2) is 12.5 Å². The van der Waals surface area contributed by atoms with E-state index >= 15 is 0 Å². The molecule has 0 spiro atoms. The second-order valence-corrected chi connectivity index (χ2v) is 7.29. The average molecular weight is 360 g/mol. The molecule has 1 amide bonds. The highest BCUT2D eigenvalue weighted by Gasteiger charge is 2.18. The van der Waals surface area contributed by atoms with Crippen molar-refractivity contribution in [2.24, 2.45) is 5.92 Å². The Morgan fingerprint density at radius 3 is 2.04 bits per heavy atom. The number of amides is 1. The van der Waals surface area contributed by atoms with Crippen molar-refractivity contribution in [3.05, 3.63) is 64.7 Å². The third kappa shape index (κ3) is 5.79. The molecule has 0 unspecified atom stereocenters. The van der Waals surface area contributed by atoms with Gasteiger partial charge in [-0.3, -0.25) is 4.79 Å². The fourth-order valence-corrected chi connectivity index (χ4v) is 2.74. The number of nitrogens with one attached hydrogen (secondary N) is 1. The van der Waals surface area contributed by atoms with Gasteiger partial charge in [0, 0.05) is 5.02 Å². The van der Waals surface area contributed by atoms with Gasteiger partial charge < -0.3 is 10.1 Å². The van der Waals surface area contributed by atoms with E-state index in [0.717, 1.165) is 5.56 Å². The molecule has 2 aromatic carbocycles. The molecule has 25 heavy (non-hydrogen) atoms. The summed E-state index contributed by atoms with van der Waals surface area (Å²) in [6, 6.07) is 15.4. The average Bonchev–Trinajstić information content (AvgIpc) is 2.59. The Hall–Kier alpha value is -2.00. The Morgan fingerprint density at radius 1 is 0.960 bits per heavy atom. The van der Waals surface area contributed by atoms with Crippen LogP contribution in [0, 0.1) is 5.92 Å². The van der Waals surface area contributed by atoms with Gasteiger partial charge in [-0.2, -0.15) is 0 Å². The van der Waals surface area contributed by atoms with Gasteiger partial charge in [0.15, 0.2) is 6.61 Å². The molecule has 0 radical (unpaired) electrons. The van der Waals surface area contributed by atoms with E-state index in [1.165, 1.54) is 5.56 Å². The van der Waals surface area contributed by atoms with E-state index in [9.17, 15) is 4.79 Å². The summed E-state index contributed by atoms with van der Waals surface area (Å²) in [4.78, 5) is 12.3. The van der Waals surface area contributed by atoms with Gasteiger partial charge in [0.2, 0.25) is 0 Å². The van der Waals surface area contributed by atoms with Crippen molar-refractivity contribution in [3.63, 3.8) is 0 Å². The summed E-state index contributed by atoms with van der Waals surface area (Å²) < 4.78 is 5.52. The number of hydrogen-bond donors (Lipinski definition) is 1. The van der Waals surface area contributed by atoms with Crippen LogP contribution in [0.3, 0.4) is 0 Å². The van der Waals surface area contributed by atoms with E-state index in [0.29, 0.717) is 16.7 Å². The lowest BCUT2D eigenvalue weighted by Gasteiger charge is -2.23. The van der Waals surface area contributed by atoms with Gasteiger partial charge in [-0.25, -0.2) is 0 Å². The lowest BCUT2D eigenvalue weighted by atomic mass is 9.93. The van der Waals surface area contributed by atoms with Crippen molar-refractivity contribution in [2.75, 3.05) is 6.61 Å². The first-order valence-electron chi connectivity index (χ1n) is 8.64. The molecule has 0 fully saturated rings. The molecule has 2 rings (SSSR count). The van der Waals surface area contributed by atoms with E-state index in [1.54, 1.807) is 24.3 Å². The third-order valence-corrected chi connectivity index (χ3v) is 4.38. The predicted molar refractivity (Wildman–Crippen MR) is 103 cm³/mol. The molecule has 1 N–H and O–H groups in total. The molecule has 0 aliphatic carbocycles. The van der Waals surface area contributed by atoms with Crippen LogP contribution in [0.15, 0.2) is 48.5 Å². The van der Waals surface area contributed by atoms with Crippen molar-refractivity contribution in [1.29, 1.82) is 0 Å². The van der Waals surface area contributed by atoms with Gasteiger partial charge in [-0.05, 0) is 47.2 Å². The molecule has 2 aromatic rings. The number of benzene rings is 2. The van der Waals surface area contributed by atoms with Crippen LogP contribution in [0.5, 0.6) is 5.75 Å². The Balaban J connectivity index is 1.98. The first kappa shape index (κ1) is 19.3. The highest BCUT2D eigenvalue weighted by molar-refractivity contribution is 6.30. The maximum absolute atomic E-state index is 12.3. The molecule has 0 aliphatic rings. The molecule has 134 valence electrons. The molecule has 4 heteroatoms. The molecule has 0 saturated heterocycles. The molecule has 0 saturated carbocycles. The van der Waals surface area contributed by atoms with Crippen LogP contribution >= 0.6 is 11.6 Å². The summed E-state index contributed by atoms with van der Waals surface area (Å²) in [7, 11) is 0. The molecule has 3 nitrogen and oxygen atoms in total. The molecule has 0 aliphatic heterocycles. The van der Waals surface area contributed by atoms with E-state index in [4.69, 9.17) is 16.3 Å². The molecule has 0 bridgehead atoms. The van der Waals surface area contributed by atoms with Gasteiger partial charge in [-0.1, -0.05) is 63.6 Å². The van der Waals surface area contributed by atoms with E-state index in [-0.39, 0.29) is 24.5 Å². The zero-order valence-electron chi connectivity index (χ0n) is 15.3. The van der Waals surface area contributed by atoms with Crippen LogP contribution in [-0.2, 0) is 4.79 Å². The third-order valence-electron chi connectivity index (χ3n) is 4.13. The van der Waals surface area contributed by atoms with Crippen LogP contribution in [0.2, 0.25) is 5.02 Å². The Morgan fingerprint density at radius 2 is 1.52 bits per heavy atom. The van der Waals surface area contributed by atoms with E-state index in [1.807, 2.05) is 0 Å². The maximum Gasteiger partial charge on any atom is 0.258 e. The largest absolute Gasteiger partial charge is 0.484 e. The van der Waals surface area contributed by atoms with Crippen LogP contribution < -0.4 is 10.1 Å². The number of carbonyl (C=O) groups is 1. The zero-order chi connectivity index (χ0) is 18.4. The number of ether oxygens (including phenoxy) is 1. The standard InChI is InChI=1S/C21H26ClNO2/c1-14(2)16-5-7-17(8-6-16)21(15(3)4)23-20(24)13-25-19-11-9-18(22)10-12-19/h5-12,14-15,21H,13H2,1-4H3,(H,23,24)/t21-/m1/s1. The quantitative estimate of drug-likeness (QED) is 0.723. The summed E-state index contributed by atoms with van der Waals surface area (Å²) in [5.41, 5.74) is 2.41. The lowest BCUT2D eigenvalue weighted by Crippen LogP contribution is -2.35. The minimum Gasteiger partial charge on any atom is -0.484 e. The Bertz CT molecular complexity index is 678. The molecular weight excluding hydrogens is 334 g/mol. The molecule has 1 atom stereocenters. The molecular formula is C21H26ClNO2. The van der Waals surface area contributed by atoms with Gasteiger partial charge in [0.05, 0.1) is 6.04 Å². The van der Waals surface area contributed by atoms with Crippen LogP contribution in [0.25, 0.3) is 0 Å². The monoisotopic (exact) mass is 359 g/mol. The molecule has 0 heterocycles. The topological polar surface area (TPSA) is 38.3 Å². The summed E-state index contributed by atoms with van der Waals surface area (Å²) in [5.74, 6) is 1.27. The van der Waals surface area contributed by atoms with Gasteiger partial charge in [0.25, 0.3) is 5.91 Å². The van der Waals surface area contributed by atoms with Gasteiger partial charge in [0.1, 0.15) is 5.75 Å². The van der Waals surface area contributed by atoms with Crippen LogP contribution in [0.1, 0.15) is 50.8 Å².